The average molecular weight is 181 g/mol. The van der Waals surface area contributed by atoms with Crippen molar-refractivity contribution >= 4 is 21.9 Å². The molecule has 3 nitrogen and oxygen atoms in total. The Hall–Kier alpha value is -1.16. The minimum absolute atomic E-state index is 0.288. The fraction of sp³-hybridized carbons (Fsp3) is 0.125. The third kappa shape index (κ3) is 1.14. The Bertz CT molecular complexity index is 402. The summed E-state index contributed by atoms with van der Waals surface area (Å²) in [6, 6.07) is 7.36. The molecule has 12 heavy (non-hydrogen) atoms. The van der Waals surface area contributed by atoms with Gasteiger partial charge in [-0.2, -0.15) is 0 Å². The summed E-state index contributed by atoms with van der Waals surface area (Å²) >= 11 is 0. The Balaban J connectivity index is 2.70. The Kier molecular flexibility index (Phi) is 1.69. The smallest absolute Gasteiger partial charge is 0.287 e. The van der Waals surface area contributed by atoms with Crippen LogP contribution in [0.1, 0.15) is 0 Å². The highest BCUT2D eigenvalue weighted by Gasteiger charge is 2.06. The second-order valence-electron chi connectivity index (χ2n) is 2.40. The largest absolute Gasteiger partial charge is 0.430 e. The molecule has 0 saturated heterocycles. The van der Waals surface area contributed by atoms with E-state index in [2.05, 4.69) is 4.98 Å². The summed E-state index contributed by atoms with van der Waals surface area (Å²) in [6.45, 7) is 0. The molecule has 62 valence electrons. The molecule has 0 aliphatic rings. The minimum Gasteiger partial charge on any atom is -0.430 e. The van der Waals surface area contributed by atoms with E-state index in [1.54, 1.807) is 12.3 Å². The van der Waals surface area contributed by atoms with E-state index in [0.717, 1.165) is 5.52 Å². The number of fused-ring (bicyclic) bond motifs is 1. The first kappa shape index (κ1) is 7.49. The van der Waals surface area contributed by atoms with Gasteiger partial charge in [0.2, 0.25) is 0 Å². The van der Waals surface area contributed by atoms with Crippen LogP contribution in [-0.2, 0) is 10.8 Å². The summed E-state index contributed by atoms with van der Waals surface area (Å²) in [6.07, 6.45) is 1.55. The summed E-state index contributed by atoms with van der Waals surface area (Å²) in [7, 11) is -1.14. The standard InChI is InChI=1S/C8H7NO2S/c1-12(10)8-9-6-4-2-3-5-7(6)11-8/h2-5H,1H3. The highest BCUT2D eigenvalue weighted by atomic mass is 32.2. The van der Waals surface area contributed by atoms with Gasteiger partial charge in [0.05, 0.1) is 0 Å². The quantitative estimate of drug-likeness (QED) is 0.670. The zero-order chi connectivity index (χ0) is 8.55. The van der Waals surface area contributed by atoms with Crippen LogP contribution in [0.25, 0.3) is 11.1 Å². The van der Waals surface area contributed by atoms with E-state index in [1.807, 2.05) is 18.2 Å². The van der Waals surface area contributed by atoms with Crippen LogP contribution >= 0.6 is 0 Å². The fourth-order valence-electron chi connectivity index (χ4n) is 0.974. The zero-order valence-corrected chi connectivity index (χ0v) is 7.30. The van der Waals surface area contributed by atoms with E-state index >= 15 is 0 Å². The maximum atomic E-state index is 11.0. The third-order valence-electron chi connectivity index (χ3n) is 1.52. The van der Waals surface area contributed by atoms with Crippen LogP contribution in [0.4, 0.5) is 0 Å². The number of hydrogen-bond acceptors (Lipinski definition) is 3. The molecule has 0 saturated carbocycles. The molecule has 2 rings (SSSR count). The molecule has 0 amide bonds. The topological polar surface area (TPSA) is 43.1 Å². The molecule has 0 spiro atoms. The summed E-state index contributed by atoms with van der Waals surface area (Å²) in [5, 5.41) is 0.288. The monoisotopic (exact) mass is 181 g/mol. The van der Waals surface area contributed by atoms with E-state index in [0.29, 0.717) is 5.58 Å². The molecule has 0 radical (unpaired) electrons. The number of rotatable bonds is 1. The average Bonchev–Trinajstić information content (AvgIpc) is 2.46. The van der Waals surface area contributed by atoms with Gasteiger partial charge in [-0.05, 0) is 12.1 Å². The number of nitrogens with zero attached hydrogens (tertiary/aromatic N) is 1. The molecule has 1 aromatic heterocycles. The molecule has 0 N–H and O–H groups in total. The first-order valence-corrected chi connectivity index (χ1v) is 5.02. The lowest BCUT2D eigenvalue weighted by Gasteiger charge is -1.81. The van der Waals surface area contributed by atoms with Crippen molar-refractivity contribution in [2.24, 2.45) is 0 Å². The summed E-state index contributed by atoms with van der Waals surface area (Å²) in [5.74, 6) is 0. The number of benzene rings is 1. The molecular weight excluding hydrogens is 174 g/mol. The fourth-order valence-corrected chi connectivity index (χ4v) is 1.41. The lowest BCUT2D eigenvalue weighted by molar-refractivity contribution is 0.479. The molecule has 0 aliphatic heterocycles. The van der Waals surface area contributed by atoms with Crippen molar-refractivity contribution in [3.8, 4) is 0 Å². The van der Waals surface area contributed by atoms with Gasteiger partial charge in [-0.15, -0.1) is 0 Å². The summed E-state index contributed by atoms with van der Waals surface area (Å²) in [5.41, 5.74) is 1.44. The van der Waals surface area contributed by atoms with Crippen LogP contribution in [0.15, 0.2) is 33.9 Å². The van der Waals surface area contributed by atoms with Crippen molar-refractivity contribution in [3.63, 3.8) is 0 Å². The van der Waals surface area contributed by atoms with Crippen molar-refractivity contribution in [1.82, 2.24) is 4.98 Å². The van der Waals surface area contributed by atoms with E-state index in [1.165, 1.54) is 0 Å². The predicted molar refractivity (Wildman–Crippen MR) is 46.3 cm³/mol. The third-order valence-corrected chi connectivity index (χ3v) is 2.19. The van der Waals surface area contributed by atoms with Crippen molar-refractivity contribution in [1.29, 1.82) is 0 Å². The number of para-hydroxylation sites is 2. The molecule has 2 aromatic rings. The first-order valence-electron chi connectivity index (χ1n) is 3.46. The zero-order valence-electron chi connectivity index (χ0n) is 6.48. The summed E-state index contributed by atoms with van der Waals surface area (Å²) in [4.78, 5) is 4.05. The van der Waals surface area contributed by atoms with E-state index in [4.69, 9.17) is 4.42 Å². The molecule has 0 aliphatic carbocycles. The van der Waals surface area contributed by atoms with E-state index in [-0.39, 0.29) is 5.22 Å². The van der Waals surface area contributed by atoms with Crippen molar-refractivity contribution in [3.05, 3.63) is 24.3 Å². The molecular formula is C8H7NO2S. The molecule has 1 atom stereocenters. The van der Waals surface area contributed by atoms with Gasteiger partial charge >= 0.3 is 0 Å². The van der Waals surface area contributed by atoms with Gasteiger partial charge < -0.3 is 4.42 Å². The molecule has 0 bridgehead atoms. The lowest BCUT2D eigenvalue weighted by Crippen LogP contribution is -1.84. The van der Waals surface area contributed by atoms with E-state index < -0.39 is 10.8 Å². The van der Waals surface area contributed by atoms with Crippen molar-refractivity contribution < 1.29 is 8.63 Å². The van der Waals surface area contributed by atoms with Crippen LogP contribution < -0.4 is 0 Å². The molecule has 1 heterocycles. The minimum atomic E-state index is -1.14. The van der Waals surface area contributed by atoms with Crippen molar-refractivity contribution in [2.75, 3.05) is 6.26 Å². The Labute approximate surface area is 71.9 Å². The van der Waals surface area contributed by atoms with Gasteiger partial charge in [-0.3, -0.25) is 0 Å². The molecule has 1 aromatic carbocycles. The van der Waals surface area contributed by atoms with Gasteiger partial charge in [0, 0.05) is 6.26 Å². The maximum absolute atomic E-state index is 11.0. The van der Waals surface area contributed by atoms with Gasteiger partial charge in [0.15, 0.2) is 5.58 Å². The molecule has 1 unspecified atom stereocenters. The molecule has 4 heteroatoms. The number of aromatic nitrogens is 1. The summed E-state index contributed by atoms with van der Waals surface area (Å²) < 4.78 is 16.2. The van der Waals surface area contributed by atoms with E-state index in [9.17, 15) is 4.21 Å². The van der Waals surface area contributed by atoms with Crippen molar-refractivity contribution in [2.45, 2.75) is 5.22 Å². The van der Waals surface area contributed by atoms with Gasteiger partial charge in [0.25, 0.3) is 5.22 Å². The molecule has 0 fully saturated rings. The van der Waals surface area contributed by atoms with Crippen LogP contribution in [0.3, 0.4) is 0 Å². The Morgan fingerprint density at radius 2 is 2.17 bits per heavy atom. The van der Waals surface area contributed by atoms with Crippen LogP contribution in [0.2, 0.25) is 0 Å². The first-order chi connectivity index (χ1) is 5.77. The highest BCUT2D eigenvalue weighted by molar-refractivity contribution is 7.84. The van der Waals surface area contributed by atoms with Gasteiger partial charge in [0.1, 0.15) is 16.3 Å². The number of hydrogen-bond donors (Lipinski definition) is 0. The normalized spacial score (nSPS) is 13.4. The Morgan fingerprint density at radius 1 is 1.42 bits per heavy atom. The maximum Gasteiger partial charge on any atom is 0.287 e. The second-order valence-corrected chi connectivity index (χ2v) is 3.66. The van der Waals surface area contributed by atoms with Crippen LogP contribution in [-0.4, -0.2) is 15.4 Å². The van der Waals surface area contributed by atoms with Gasteiger partial charge in [-0.1, -0.05) is 12.1 Å². The van der Waals surface area contributed by atoms with Crippen LogP contribution in [0, 0.1) is 0 Å². The second kappa shape index (κ2) is 2.71. The Morgan fingerprint density at radius 3 is 2.83 bits per heavy atom. The van der Waals surface area contributed by atoms with Crippen LogP contribution in [0.5, 0.6) is 0 Å². The SMILES string of the molecule is CS(=O)c1nc2ccccc2o1. The highest BCUT2D eigenvalue weighted by Crippen LogP contribution is 2.15. The predicted octanol–water partition coefficient (Wildman–Crippen LogP) is 1.57. The lowest BCUT2D eigenvalue weighted by atomic mass is 10.3. The number of oxazole rings is 1. The van der Waals surface area contributed by atoms with Gasteiger partial charge in [-0.25, -0.2) is 9.19 Å².